The van der Waals surface area contributed by atoms with Gasteiger partial charge in [0.15, 0.2) is 17.8 Å². The molecule has 2 aromatic rings. The number of benzene rings is 2. The number of ether oxygens (including phenoxy) is 2. The molecule has 31 heavy (non-hydrogen) atoms. The molecule has 166 valence electrons. The SMILES string of the molecule is CCOc1cc([C@H](CS(C)(=O)=O)C2NC(C(=O)C=O)c3c(N)cccc32)ccc1OC. The Bertz CT molecular complexity index is 1100. The number of nitrogen functional groups attached to an aromatic ring is 1. The molecule has 0 fully saturated rings. The summed E-state index contributed by atoms with van der Waals surface area (Å²) in [6, 6.07) is 8.96. The van der Waals surface area contributed by atoms with Gasteiger partial charge >= 0.3 is 0 Å². The second-order valence-corrected chi connectivity index (χ2v) is 9.67. The fourth-order valence-electron chi connectivity index (χ4n) is 4.09. The third-order valence-electron chi connectivity index (χ3n) is 5.34. The molecule has 0 saturated heterocycles. The van der Waals surface area contributed by atoms with E-state index in [9.17, 15) is 18.0 Å². The Morgan fingerprint density at radius 1 is 1.26 bits per heavy atom. The molecule has 8 nitrogen and oxygen atoms in total. The molecule has 0 radical (unpaired) electrons. The quantitative estimate of drug-likeness (QED) is 0.340. The normalized spacial score (nSPS) is 18.8. The number of carbonyl (C=O) groups is 2. The number of anilines is 1. The van der Waals surface area contributed by atoms with Crippen molar-refractivity contribution in [2.75, 3.05) is 31.5 Å². The van der Waals surface area contributed by atoms with Gasteiger partial charge in [-0.1, -0.05) is 18.2 Å². The van der Waals surface area contributed by atoms with Crippen LogP contribution in [-0.2, 0) is 19.4 Å². The van der Waals surface area contributed by atoms with Gasteiger partial charge in [0.2, 0.25) is 5.78 Å². The Morgan fingerprint density at radius 3 is 2.61 bits per heavy atom. The van der Waals surface area contributed by atoms with Crippen molar-refractivity contribution in [1.82, 2.24) is 5.32 Å². The molecule has 3 rings (SSSR count). The van der Waals surface area contributed by atoms with Crippen molar-refractivity contribution < 1.29 is 27.5 Å². The van der Waals surface area contributed by atoms with Crippen LogP contribution in [0.5, 0.6) is 11.5 Å². The summed E-state index contributed by atoms with van der Waals surface area (Å²) in [5.41, 5.74) is 8.40. The van der Waals surface area contributed by atoms with Gasteiger partial charge in [0, 0.05) is 29.5 Å². The van der Waals surface area contributed by atoms with Crippen LogP contribution >= 0.6 is 0 Å². The fraction of sp³-hybridized carbons (Fsp3) is 0.364. The molecule has 0 aromatic heterocycles. The molecule has 9 heteroatoms. The number of carbonyl (C=O) groups excluding carboxylic acids is 2. The number of nitrogens with one attached hydrogen (secondary N) is 1. The van der Waals surface area contributed by atoms with E-state index >= 15 is 0 Å². The number of fused-ring (bicyclic) bond motifs is 1. The van der Waals surface area contributed by atoms with Crippen LogP contribution in [-0.4, -0.2) is 46.2 Å². The van der Waals surface area contributed by atoms with Crippen LogP contribution in [0.25, 0.3) is 0 Å². The van der Waals surface area contributed by atoms with Gasteiger partial charge in [-0.25, -0.2) is 8.42 Å². The van der Waals surface area contributed by atoms with E-state index in [0.717, 1.165) is 6.26 Å². The molecule has 0 amide bonds. The fourth-order valence-corrected chi connectivity index (χ4v) is 5.12. The highest BCUT2D eigenvalue weighted by molar-refractivity contribution is 7.90. The minimum absolute atomic E-state index is 0.182. The molecule has 0 bridgehead atoms. The van der Waals surface area contributed by atoms with Gasteiger partial charge < -0.3 is 15.2 Å². The first-order valence-corrected chi connectivity index (χ1v) is 11.9. The Morgan fingerprint density at radius 2 is 2.00 bits per heavy atom. The lowest BCUT2D eigenvalue weighted by atomic mass is 9.88. The van der Waals surface area contributed by atoms with E-state index < -0.39 is 33.6 Å². The second kappa shape index (κ2) is 9.07. The van der Waals surface area contributed by atoms with Gasteiger partial charge in [-0.05, 0) is 36.2 Å². The van der Waals surface area contributed by atoms with E-state index in [0.29, 0.717) is 40.5 Å². The summed E-state index contributed by atoms with van der Waals surface area (Å²) in [5.74, 6) is -0.387. The first-order chi connectivity index (χ1) is 14.7. The molecule has 3 atom stereocenters. The average molecular weight is 447 g/mol. The predicted molar refractivity (Wildman–Crippen MR) is 117 cm³/mol. The van der Waals surface area contributed by atoms with Gasteiger partial charge in [0.05, 0.1) is 19.5 Å². The zero-order valence-corrected chi connectivity index (χ0v) is 18.4. The summed E-state index contributed by atoms with van der Waals surface area (Å²) in [6.45, 7) is 2.25. The summed E-state index contributed by atoms with van der Waals surface area (Å²) in [5, 5.41) is 3.15. The minimum atomic E-state index is -3.40. The van der Waals surface area contributed by atoms with Gasteiger partial charge in [-0.15, -0.1) is 0 Å². The Balaban J connectivity index is 2.15. The van der Waals surface area contributed by atoms with Crippen LogP contribution < -0.4 is 20.5 Å². The van der Waals surface area contributed by atoms with Gasteiger partial charge in [-0.3, -0.25) is 14.9 Å². The lowest BCUT2D eigenvalue weighted by molar-refractivity contribution is -0.131. The van der Waals surface area contributed by atoms with Gasteiger partial charge in [0.25, 0.3) is 0 Å². The number of methoxy groups -OCH3 is 1. The van der Waals surface area contributed by atoms with Crippen molar-refractivity contribution in [3.8, 4) is 11.5 Å². The monoisotopic (exact) mass is 446 g/mol. The molecule has 0 saturated carbocycles. The number of nitrogens with two attached hydrogens (primary N) is 1. The number of hydrogen-bond acceptors (Lipinski definition) is 8. The van der Waals surface area contributed by atoms with Crippen molar-refractivity contribution >= 4 is 27.6 Å². The molecule has 2 unspecified atom stereocenters. The van der Waals surface area contributed by atoms with Crippen molar-refractivity contribution in [2.45, 2.75) is 24.9 Å². The predicted octanol–water partition coefficient (Wildman–Crippen LogP) is 1.96. The van der Waals surface area contributed by atoms with Crippen LogP contribution in [0.15, 0.2) is 36.4 Å². The maximum Gasteiger partial charge on any atom is 0.216 e. The van der Waals surface area contributed by atoms with E-state index in [2.05, 4.69) is 5.32 Å². The van der Waals surface area contributed by atoms with Gasteiger partial charge in [-0.2, -0.15) is 0 Å². The number of hydrogen-bond donors (Lipinski definition) is 2. The van der Waals surface area contributed by atoms with Crippen LogP contribution in [0.2, 0.25) is 0 Å². The average Bonchev–Trinajstić information content (AvgIpc) is 3.12. The number of Topliss-reactive ketones (excluding diaryl/α,β-unsaturated/α-hetero) is 1. The third kappa shape index (κ3) is 4.72. The molecule has 1 aliphatic rings. The van der Waals surface area contributed by atoms with E-state index in [4.69, 9.17) is 15.2 Å². The van der Waals surface area contributed by atoms with Gasteiger partial charge in [0.1, 0.15) is 15.9 Å². The van der Waals surface area contributed by atoms with Crippen LogP contribution in [0, 0.1) is 0 Å². The summed E-state index contributed by atoms with van der Waals surface area (Å²) in [6.07, 6.45) is 1.42. The highest BCUT2D eigenvalue weighted by Gasteiger charge is 2.41. The number of sulfone groups is 1. The van der Waals surface area contributed by atoms with E-state index in [1.54, 1.807) is 36.4 Å². The molecule has 1 heterocycles. The molecular weight excluding hydrogens is 420 g/mol. The zero-order chi connectivity index (χ0) is 22.8. The van der Waals surface area contributed by atoms with E-state index in [-0.39, 0.29) is 12.0 Å². The Kier molecular flexibility index (Phi) is 6.66. The molecule has 2 aromatic carbocycles. The maximum atomic E-state index is 12.3. The topological polar surface area (TPSA) is 125 Å². The first-order valence-electron chi connectivity index (χ1n) is 9.82. The number of aldehydes is 1. The van der Waals surface area contributed by atoms with Crippen molar-refractivity contribution in [2.24, 2.45) is 0 Å². The van der Waals surface area contributed by atoms with Crippen molar-refractivity contribution in [3.63, 3.8) is 0 Å². The molecule has 1 aliphatic heterocycles. The largest absolute Gasteiger partial charge is 0.493 e. The van der Waals surface area contributed by atoms with Crippen molar-refractivity contribution in [3.05, 3.63) is 53.1 Å². The van der Waals surface area contributed by atoms with Crippen LogP contribution in [0.3, 0.4) is 0 Å². The minimum Gasteiger partial charge on any atom is -0.493 e. The summed E-state index contributed by atoms with van der Waals surface area (Å²) < 4.78 is 35.6. The third-order valence-corrected chi connectivity index (χ3v) is 6.31. The molecule has 0 aliphatic carbocycles. The summed E-state index contributed by atoms with van der Waals surface area (Å²) >= 11 is 0. The summed E-state index contributed by atoms with van der Waals surface area (Å²) in [4.78, 5) is 23.5. The van der Waals surface area contributed by atoms with E-state index in [1.807, 2.05) is 6.92 Å². The highest BCUT2D eigenvalue weighted by Crippen LogP contribution is 2.45. The molecule has 3 N–H and O–H groups in total. The first kappa shape index (κ1) is 22.8. The second-order valence-electron chi connectivity index (χ2n) is 7.49. The highest BCUT2D eigenvalue weighted by atomic mass is 32.2. The molecular formula is C22H26N2O6S. The zero-order valence-electron chi connectivity index (χ0n) is 17.6. The van der Waals surface area contributed by atoms with Crippen molar-refractivity contribution in [1.29, 1.82) is 0 Å². The maximum absolute atomic E-state index is 12.3. The Hall–Kier alpha value is -2.91. The number of ketones is 1. The smallest absolute Gasteiger partial charge is 0.216 e. The number of rotatable bonds is 9. The Labute approximate surface area is 181 Å². The standard InChI is InChI=1S/C22H26N2O6S/c1-4-30-19-10-13(8-9-18(19)29-2)15(12-31(3,27)28)21-14-6-5-7-16(23)20(14)22(24-21)17(26)11-25/h5-11,15,21-22,24H,4,12,23H2,1-3H3/t15-,21?,22?/m0/s1. The lowest BCUT2D eigenvalue weighted by Gasteiger charge is -2.26. The lowest BCUT2D eigenvalue weighted by Crippen LogP contribution is -2.31. The van der Waals surface area contributed by atoms with E-state index in [1.165, 1.54) is 7.11 Å². The molecule has 0 spiro atoms. The van der Waals surface area contributed by atoms with Crippen LogP contribution in [0.4, 0.5) is 5.69 Å². The van der Waals surface area contributed by atoms with Crippen LogP contribution in [0.1, 0.15) is 41.6 Å². The summed E-state index contributed by atoms with van der Waals surface area (Å²) in [7, 11) is -1.88.